The Morgan fingerprint density at radius 1 is 1.10 bits per heavy atom. The predicted molar refractivity (Wildman–Crippen MR) is 78.5 cm³/mol. The highest BCUT2D eigenvalue weighted by atomic mass is 35.5. The van der Waals surface area contributed by atoms with E-state index >= 15 is 0 Å². The van der Waals surface area contributed by atoms with Crippen LogP contribution in [0, 0.1) is 13.8 Å². The Bertz CT molecular complexity index is 623. The van der Waals surface area contributed by atoms with Crippen molar-refractivity contribution in [2.75, 3.05) is 6.61 Å². The quantitative estimate of drug-likeness (QED) is 0.632. The molecule has 0 unspecified atom stereocenters. The van der Waals surface area contributed by atoms with Gasteiger partial charge in [-0.1, -0.05) is 35.9 Å². The first-order valence-corrected chi connectivity index (χ1v) is 6.59. The van der Waals surface area contributed by atoms with Crippen molar-refractivity contribution in [3.8, 4) is 11.5 Å². The van der Waals surface area contributed by atoms with Crippen molar-refractivity contribution in [3.63, 3.8) is 0 Å². The number of halogens is 1. The summed E-state index contributed by atoms with van der Waals surface area (Å²) in [6.07, 6.45) is 0. The summed E-state index contributed by atoms with van der Waals surface area (Å²) in [5.74, 6) is 0.531. The Hall–Kier alpha value is -2.00. The Balaban J connectivity index is 1.96. The molecular weight excluding hydrogens is 276 g/mol. The Kier molecular flexibility index (Phi) is 4.64. The summed E-state index contributed by atoms with van der Waals surface area (Å²) in [7, 11) is 0. The van der Waals surface area contributed by atoms with Gasteiger partial charge in [-0.15, -0.1) is 0 Å². The SMILES string of the molecule is Cc1ccc(C)c(OCC(=O)Oc2ccccc2Cl)c1. The van der Waals surface area contributed by atoms with Crippen molar-refractivity contribution in [1.29, 1.82) is 0 Å². The highest BCUT2D eigenvalue weighted by molar-refractivity contribution is 6.32. The second-order valence-electron chi connectivity index (χ2n) is 4.46. The van der Waals surface area contributed by atoms with E-state index in [2.05, 4.69) is 0 Å². The van der Waals surface area contributed by atoms with Crippen LogP contribution in [0.3, 0.4) is 0 Å². The van der Waals surface area contributed by atoms with Gasteiger partial charge in [-0.3, -0.25) is 0 Å². The zero-order valence-electron chi connectivity index (χ0n) is 11.4. The molecule has 0 saturated heterocycles. The Morgan fingerprint density at radius 2 is 1.85 bits per heavy atom. The van der Waals surface area contributed by atoms with Crippen LogP contribution in [0.4, 0.5) is 0 Å². The first-order valence-electron chi connectivity index (χ1n) is 6.21. The van der Waals surface area contributed by atoms with Crippen LogP contribution in [0.5, 0.6) is 11.5 Å². The number of para-hydroxylation sites is 1. The van der Waals surface area contributed by atoms with Crippen LogP contribution in [-0.2, 0) is 4.79 Å². The van der Waals surface area contributed by atoms with E-state index in [4.69, 9.17) is 21.1 Å². The fraction of sp³-hybridized carbons (Fsp3) is 0.188. The number of hydrogen-bond donors (Lipinski definition) is 0. The molecule has 0 heterocycles. The maximum absolute atomic E-state index is 11.7. The van der Waals surface area contributed by atoms with Crippen LogP contribution in [0.2, 0.25) is 5.02 Å². The average Bonchev–Trinajstić information content (AvgIpc) is 2.42. The third-order valence-electron chi connectivity index (χ3n) is 2.75. The molecule has 2 aromatic rings. The molecule has 0 aliphatic carbocycles. The maximum Gasteiger partial charge on any atom is 0.349 e. The number of aryl methyl sites for hydroxylation is 2. The molecule has 0 spiro atoms. The van der Waals surface area contributed by atoms with Crippen LogP contribution < -0.4 is 9.47 Å². The average molecular weight is 291 g/mol. The van der Waals surface area contributed by atoms with E-state index < -0.39 is 5.97 Å². The smallest absolute Gasteiger partial charge is 0.349 e. The van der Waals surface area contributed by atoms with Gasteiger partial charge in [-0.05, 0) is 43.2 Å². The number of rotatable bonds is 4. The van der Waals surface area contributed by atoms with Crippen LogP contribution >= 0.6 is 11.6 Å². The molecule has 3 nitrogen and oxygen atoms in total. The van der Waals surface area contributed by atoms with Gasteiger partial charge in [-0.25, -0.2) is 4.79 Å². The molecule has 0 aromatic heterocycles. The Morgan fingerprint density at radius 3 is 2.60 bits per heavy atom. The van der Waals surface area contributed by atoms with Gasteiger partial charge in [0.25, 0.3) is 0 Å². The van der Waals surface area contributed by atoms with Crippen molar-refractivity contribution >= 4 is 17.6 Å². The minimum Gasteiger partial charge on any atom is -0.482 e. The minimum absolute atomic E-state index is 0.157. The van der Waals surface area contributed by atoms with Gasteiger partial charge < -0.3 is 9.47 Å². The first-order chi connectivity index (χ1) is 9.56. The number of hydrogen-bond acceptors (Lipinski definition) is 3. The van der Waals surface area contributed by atoms with Crippen LogP contribution in [0.25, 0.3) is 0 Å². The topological polar surface area (TPSA) is 35.5 Å². The summed E-state index contributed by atoms with van der Waals surface area (Å²) in [6.45, 7) is 3.73. The van der Waals surface area contributed by atoms with Crippen molar-refractivity contribution in [2.24, 2.45) is 0 Å². The molecule has 0 aliphatic heterocycles. The largest absolute Gasteiger partial charge is 0.482 e. The summed E-state index contributed by atoms with van der Waals surface area (Å²) in [6, 6.07) is 12.6. The second kappa shape index (κ2) is 6.44. The lowest BCUT2D eigenvalue weighted by atomic mass is 10.1. The normalized spacial score (nSPS) is 10.2. The molecule has 0 aliphatic rings. The molecule has 0 bridgehead atoms. The zero-order chi connectivity index (χ0) is 14.5. The molecule has 2 aromatic carbocycles. The molecule has 104 valence electrons. The lowest BCUT2D eigenvalue weighted by molar-refractivity contribution is -0.136. The molecule has 2 rings (SSSR count). The molecule has 0 saturated carbocycles. The van der Waals surface area contributed by atoms with E-state index in [0.717, 1.165) is 11.1 Å². The van der Waals surface area contributed by atoms with E-state index in [1.54, 1.807) is 24.3 Å². The number of benzene rings is 2. The highest BCUT2D eigenvalue weighted by Gasteiger charge is 2.09. The molecule has 0 N–H and O–H groups in total. The van der Waals surface area contributed by atoms with Crippen molar-refractivity contribution in [1.82, 2.24) is 0 Å². The summed E-state index contributed by atoms with van der Waals surface area (Å²) in [4.78, 5) is 11.7. The van der Waals surface area contributed by atoms with E-state index in [1.807, 2.05) is 32.0 Å². The van der Waals surface area contributed by atoms with Gasteiger partial charge in [0.15, 0.2) is 6.61 Å². The van der Waals surface area contributed by atoms with Gasteiger partial charge in [0.05, 0.1) is 5.02 Å². The monoisotopic (exact) mass is 290 g/mol. The van der Waals surface area contributed by atoms with Crippen molar-refractivity contribution < 1.29 is 14.3 Å². The Labute approximate surface area is 123 Å². The van der Waals surface area contributed by atoms with Crippen molar-refractivity contribution in [3.05, 3.63) is 58.6 Å². The molecule has 0 radical (unpaired) electrons. The van der Waals surface area contributed by atoms with Gasteiger partial charge in [0.2, 0.25) is 0 Å². The van der Waals surface area contributed by atoms with Crippen LogP contribution in [0.15, 0.2) is 42.5 Å². The lowest BCUT2D eigenvalue weighted by Gasteiger charge is -2.10. The minimum atomic E-state index is -0.487. The van der Waals surface area contributed by atoms with E-state index in [-0.39, 0.29) is 6.61 Å². The lowest BCUT2D eigenvalue weighted by Crippen LogP contribution is -2.18. The third kappa shape index (κ3) is 3.75. The van der Waals surface area contributed by atoms with E-state index in [1.165, 1.54) is 0 Å². The number of carbonyl (C=O) groups is 1. The van der Waals surface area contributed by atoms with E-state index in [9.17, 15) is 4.79 Å². The standard InChI is InChI=1S/C16H15ClO3/c1-11-7-8-12(2)15(9-11)19-10-16(18)20-14-6-4-3-5-13(14)17/h3-9H,10H2,1-2H3. The summed E-state index contributed by atoms with van der Waals surface area (Å²) in [5, 5.41) is 0.396. The summed E-state index contributed by atoms with van der Waals surface area (Å²) in [5.41, 5.74) is 2.05. The highest BCUT2D eigenvalue weighted by Crippen LogP contribution is 2.23. The number of carbonyl (C=O) groups excluding carboxylic acids is 1. The van der Waals surface area contributed by atoms with Gasteiger partial charge >= 0.3 is 5.97 Å². The third-order valence-corrected chi connectivity index (χ3v) is 3.06. The zero-order valence-corrected chi connectivity index (χ0v) is 12.1. The summed E-state index contributed by atoms with van der Waals surface area (Å²) < 4.78 is 10.6. The van der Waals surface area contributed by atoms with Gasteiger partial charge in [-0.2, -0.15) is 0 Å². The number of ether oxygens (including phenoxy) is 2. The van der Waals surface area contributed by atoms with Gasteiger partial charge in [0, 0.05) is 0 Å². The molecular formula is C16H15ClO3. The molecule has 0 amide bonds. The van der Waals surface area contributed by atoms with Crippen molar-refractivity contribution in [2.45, 2.75) is 13.8 Å². The second-order valence-corrected chi connectivity index (χ2v) is 4.87. The summed E-state index contributed by atoms with van der Waals surface area (Å²) >= 11 is 5.91. The van der Waals surface area contributed by atoms with Crippen LogP contribution in [0.1, 0.15) is 11.1 Å². The molecule has 0 fully saturated rings. The fourth-order valence-electron chi connectivity index (χ4n) is 1.68. The molecule has 20 heavy (non-hydrogen) atoms. The fourth-order valence-corrected chi connectivity index (χ4v) is 1.85. The van der Waals surface area contributed by atoms with Gasteiger partial charge in [0.1, 0.15) is 11.5 Å². The molecule has 0 atom stereocenters. The van der Waals surface area contributed by atoms with Crippen LogP contribution in [-0.4, -0.2) is 12.6 Å². The molecule has 4 heteroatoms. The number of esters is 1. The maximum atomic E-state index is 11.7. The predicted octanol–water partition coefficient (Wildman–Crippen LogP) is 3.94. The first kappa shape index (κ1) is 14.4. The van der Waals surface area contributed by atoms with E-state index in [0.29, 0.717) is 16.5 Å².